The molecule has 0 radical (unpaired) electrons. The van der Waals surface area contributed by atoms with Crippen molar-refractivity contribution in [2.24, 2.45) is 0 Å². The first-order chi connectivity index (χ1) is 24.7. The van der Waals surface area contributed by atoms with E-state index in [2.05, 4.69) is 97.1 Å². The van der Waals surface area contributed by atoms with Crippen LogP contribution in [0.5, 0.6) is 0 Å². The summed E-state index contributed by atoms with van der Waals surface area (Å²) >= 11 is 0.131. The van der Waals surface area contributed by atoms with Crippen LogP contribution in [0.1, 0.15) is 0 Å². The molecule has 50 heavy (non-hydrogen) atoms. The van der Waals surface area contributed by atoms with Gasteiger partial charge in [0, 0.05) is 0 Å². The average Bonchev–Trinajstić information content (AvgIpc) is 3.79. The van der Waals surface area contributed by atoms with E-state index in [0.717, 1.165) is 70.6 Å². The van der Waals surface area contributed by atoms with E-state index in [1.165, 1.54) is 9.82 Å². The summed E-state index contributed by atoms with van der Waals surface area (Å²) in [5.74, 6) is 1.84. The number of fused-ring (bicyclic) bond motifs is 5. The van der Waals surface area contributed by atoms with E-state index >= 15 is 0 Å². The first-order valence-electron chi connectivity index (χ1n) is 16.5. The van der Waals surface area contributed by atoms with Crippen molar-refractivity contribution < 1.29 is 4.42 Å². The van der Waals surface area contributed by atoms with Crippen molar-refractivity contribution in [2.45, 2.75) is 0 Å². The Morgan fingerprint density at radius 2 is 1.08 bits per heavy atom. The number of nitrogens with zero attached hydrogens (tertiary/aromatic N) is 4. The van der Waals surface area contributed by atoms with E-state index in [0.29, 0.717) is 17.5 Å². The van der Waals surface area contributed by atoms with Gasteiger partial charge in [-0.25, -0.2) is 0 Å². The fourth-order valence-electron chi connectivity index (χ4n) is 6.71. The van der Waals surface area contributed by atoms with Crippen LogP contribution in [0.3, 0.4) is 0 Å². The molecule has 0 spiro atoms. The molecule has 0 unspecified atom stereocenters. The summed E-state index contributed by atoms with van der Waals surface area (Å²) in [6.45, 7) is 0. The second-order valence-electron chi connectivity index (χ2n) is 12.3. The molecular formula is C44H26N4OSe. The molecule has 6 heteroatoms. The van der Waals surface area contributed by atoms with Crippen molar-refractivity contribution in [3.8, 4) is 55.4 Å². The quantitative estimate of drug-likeness (QED) is 0.167. The summed E-state index contributed by atoms with van der Waals surface area (Å²) in [7, 11) is 0. The van der Waals surface area contributed by atoms with Crippen LogP contribution in [0.2, 0.25) is 0 Å². The summed E-state index contributed by atoms with van der Waals surface area (Å²) < 4.78 is 9.02. The van der Waals surface area contributed by atoms with Gasteiger partial charge in [-0.15, -0.1) is 0 Å². The second-order valence-corrected chi connectivity index (χ2v) is 14.4. The fraction of sp³-hybridized carbons (Fsp3) is 0. The van der Waals surface area contributed by atoms with Gasteiger partial charge in [0.1, 0.15) is 0 Å². The van der Waals surface area contributed by atoms with Gasteiger partial charge in [-0.1, -0.05) is 42.5 Å². The van der Waals surface area contributed by atoms with E-state index in [1.807, 2.05) is 60.7 Å². The summed E-state index contributed by atoms with van der Waals surface area (Å²) in [5, 5.41) is 4.30. The zero-order chi connectivity index (χ0) is 33.0. The molecule has 10 aromatic rings. The molecule has 10 rings (SSSR count). The number of furan rings is 1. The molecular weight excluding hydrogens is 679 g/mol. The van der Waals surface area contributed by atoms with Gasteiger partial charge >= 0.3 is 240 Å². The van der Waals surface area contributed by atoms with E-state index in [9.17, 15) is 0 Å². The van der Waals surface area contributed by atoms with Crippen LogP contribution < -0.4 is 0 Å². The molecule has 0 N–H and O–H groups in total. The van der Waals surface area contributed by atoms with Crippen LogP contribution in [0.4, 0.5) is 0 Å². The summed E-state index contributed by atoms with van der Waals surface area (Å²) in [5.41, 5.74) is 8.78. The molecule has 0 saturated heterocycles. The normalized spacial score (nSPS) is 11.6. The third kappa shape index (κ3) is 4.93. The number of hydrogen-bond donors (Lipinski definition) is 0. The van der Waals surface area contributed by atoms with Crippen LogP contribution in [0.15, 0.2) is 162 Å². The first-order valence-corrected chi connectivity index (χ1v) is 18.2. The number of para-hydroxylation sites is 1. The molecule has 234 valence electrons. The Morgan fingerprint density at radius 1 is 0.440 bits per heavy atom. The molecule has 0 aliphatic rings. The van der Waals surface area contributed by atoms with E-state index in [-0.39, 0.29) is 14.5 Å². The van der Waals surface area contributed by atoms with E-state index in [1.54, 1.807) is 0 Å². The van der Waals surface area contributed by atoms with Gasteiger partial charge in [0.15, 0.2) is 0 Å². The maximum absolute atomic E-state index is 6.57. The molecule has 0 aliphatic heterocycles. The maximum atomic E-state index is 6.57. The third-order valence-corrected chi connectivity index (χ3v) is 11.4. The minimum absolute atomic E-state index is 0.131. The monoisotopic (exact) mass is 706 g/mol. The number of aromatic nitrogens is 4. The summed E-state index contributed by atoms with van der Waals surface area (Å²) in [6.07, 6.45) is 0. The van der Waals surface area contributed by atoms with Crippen LogP contribution in [-0.4, -0.2) is 34.4 Å². The minimum atomic E-state index is 0.131. The second kappa shape index (κ2) is 11.7. The summed E-state index contributed by atoms with van der Waals surface area (Å²) in [4.78, 5) is 20.4. The van der Waals surface area contributed by atoms with Crippen molar-refractivity contribution in [1.82, 2.24) is 19.9 Å². The van der Waals surface area contributed by atoms with Crippen molar-refractivity contribution in [2.75, 3.05) is 0 Å². The van der Waals surface area contributed by atoms with Crippen LogP contribution in [0.25, 0.3) is 97.9 Å². The predicted molar refractivity (Wildman–Crippen MR) is 204 cm³/mol. The van der Waals surface area contributed by atoms with Crippen molar-refractivity contribution >= 4 is 57.0 Å². The fourth-order valence-corrected chi connectivity index (χ4v) is 8.82. The molecule has 0 amide bonds. The molecule has 7 aromatic carbocycles. The van der Waals surface area contributed by atoms with Gasteiger partial charge in [-0.2, -0.15) is 0 Å². The Balaban J connectivity index is 1.17. The molecule has 0 aliphatic carbocycles. The Kier molecular flexibility index (Phi) is 6.76. The Labute approximate surface area is 293 Å². The standard InChI is InChI=1S/C44H26N4OSe/c1-4-12-27(13-5-1)33-22-23-35(39-34-18-10-11-19-37(34)49-40(33)39)43-47-41(28-14-6-2-7-15-28)46-42(48-43)31-21-20-30-25-36-38(26-32(30)24-31)50-44(45-36)29-16-8-3-9-17-29/h1-26H. The first kappa shape index (κ1) is 28.8. The van der Waals surface area contributed by atoms with Gasteiger partial charge in [-0.05, 0) is 11.6 Å². The number of benzene rings is 7. The zero-order valence-corrected chi connectivity index (χ0v) is 28.3. The van der Waals surface area contributed by atoms with E-state index in [4.69, 9.17) is 24.4 Å². The SMILES string of the molecule is c1ccc(-c2nc(-c3ccc4cc5nc(-c6ccccc6)[se]c5cc4c3)nc(-c3ccc(-c4ccccc4)c4oc5ccccc5c34)n2)cc1. The molecule has 0 saturated carbocycles. The van der Waals surface area contributed by atoms with Gasteiger partial charge < -0.3 is 0 Å². The third-order valence-electron chi connectivity index (χ3n) is 9.14. The molecule has 0 bridgehead atoms. The van der Waals surface area contributed by atoms with Crippen LogP contribution in [-0.2, 0) is 0 Å². The molecule has 3 aromatic heterocycles. The molecule has 3 heterocycles. The Bertz CT molecular complexity index is 2860. The van der Waals surface area contributed by atoms with Gasteiger partial charge in [-0.3, -0.25) is 0 Å². The van der Waals surface area contributed by atoms with Gasteiger partial charge in [0.05, 0.1) is 0 Å². The zero-order valence-electron chi connectivity index (χ0n) is 26.6. The molecule has 5 nitrogen and oxygen atoms in total. The van der Waals surface area contributed by atoms with Crippen LogP contribution in [0, 0.1) is 0 Å². The average molecular weight is 706 g/mol. The number of rotatable bonds is 5. The van der Waals surface area contributed by atoms with Gasteiger partial charge in [0.2, 0.25) is 0 Å². The summed E-state index contributed by atoms with van der Waals surface area (Å²) in [6, 6.07) is 54.3. The van der Waals surface area contributed by atoms with Crippen molar-refractivity contribution in [1.29, 1.82) is 0 Å². The van der Waals surface area contributed by atoms with E-state index < -0.39 is 0 Å². The predicted octanol–water partition coefficient (Wildman–Crippen LogP) is 10.9. The Morgan fingerprint density at radius 3 is 1.86 bits per heavy atom. The van der Waals surface area contributed by atoms with Crippen molar-refractivity contribution in [3.63, 3.8) is 0 Å². The Hall–Kier alpha value is -6.20. The van der Waals surface area contributed by atoms with Gasteiger partial charge in [0.25, 0.3) is 0 Å². The molecule has 0 fully saturated rings. The number of hydrogen-bond acceptors (Lipinski definition) is 5. The molecule has 0 atom stereocenters. The topological polar surface area (TPSA) is 64.7 Å². The van der Waals surface area contributed by atoms with Crippen LogP contribution >= 0.6 is 0 Å². The van der Waals surface area contributed by atoms with Crippen molar-refractivity contribution in [3.05, 3.63) is 158 Å².